The van der Waals surface area contributed by atoms with E-state index in [0.717, 1.165) is 73.4 Å². The lowest BCUT2D eigenvalue weighted by Crippen LogP contribution is -2.32. The van der Waals surface area contributed by atoms with E-state index in [1.54, 1.807) is 18.2 Å². The van der Waals surface area contributed by atoms with Gasteiger partial charge < -0.3 is 23.2 Å². The highest BCUT2D eigenvalue weighted by atomic mass is 35.5. The van der Waals surface area contributed by atoms with Crippen molar-refractivity contribution in [1.82, 2.24) is 14.5 Å². The van der Waals surface area contributed by atoms with E-state index in [4.69, 9.17) is 40.2 Å². The second-order valence-corrected chi connectivity index (χ2v) is 11.9. The fraction of sp³-hybridized carbons (Fsp3) is 0.314. The van der Waals surface area contributed by atoms with Gasteiger partial charge in [0.05, 0.1) is 53.7 Å². The summed E-state index contributed by atoms with van der Waals surface area (Å²) < 4.78 is 24.6. The van der Waals surface area contributed by atoms with Crippen LogP contribution in [0.5, 0.6) is 5.88 Å². The SMILES string of the molecule is COC(=O)c1ccc2nc(CC3CC=C(c4cccc(OCc5ccc(C#N)c6cc(Cl)oc56)n4)CC3)n(C[C@@H]3CCO3)c2c1. The Balaban J connectivity index is 1.05. The number of hydrogen-bond donors (Lipinski definition) is 0. The second kappa shape index (κ2) is 12.4. The maximum absolute atomic E-state index is 12.2. The van der Waals surface area contributed by atoms with Gasteiger partial charge in [0.1, 0.15) is 18.0 Å². The molecule has 0 radical (unpaired) electrons. The number of nitrogens with zero attached hydrogens (tertiary/aromatic N) is 4. The Hall–Kier alpha value is -4.65. The van der Waals surface area contributed by atoms with Crippen LogP contribution in [-0.2, 0) is 29.0 Å². The Morgan fingerprint density at radius 2 is 2.04 bits per heavy atom. The van der Waals surface area contributed by atoms with Crippen LogP contribution < -0.4 is 4.74 Å². The molecule has 10 heteroatoms. The lowest BCUT2D eigenvalue weighted by atomic mass is 9.86. The zero-order valence-corrected chi connectivity index (χ0v) is 25.5. The fourth-order valence-corrected chi connectivity index (χ4v) is 6.35. The molecule has 2 atom stereocenters. The molecule has 45 heavy (non-hydrogen) atoms. The zero-order valence-electron chi connectivity index (χ0n) is 24.8. The van der Waals surface area contributed by atoms with Crippen LogP contribution >= 0.6 is 11.6 Å². The molecule has 3 aromatic heterocycles. The molecule has 228 valence electrons. The number of methoxy groups -OCH3 is 1. The summed E-state index contributed by atoms with van der Waals surface area (Å²) in [4.78, 5) is 22.0. The molecular weight excluding hydrogens is 592 g/mol. The molecule has 2 aliphatic rings. The molecule has 7 rings (SSSR count). The highest BCUT2D eigenvalue weighted by molar-refractivity contribution is 6.29. The van der Waals surface area contributed by atoms with Crippen molar-refractivity contribution in [3.8, 4) is 11.9 Å². The van der Waals surface area contributed by atoms with E-state index < -0.39 is 0 Å². The molecule has 1 unspecified atom stereocenters. The predicted octanol–water partition coefficient (Wildman–Crippen LogP) is 7.28. The third-order valence-corrected chi connectivity index (χ3v) is 8.89. The first-order valence-corrected chi connectivity index (χ1v) is 15.5. The lowest BCUT2D eigenvalue weighted by Gasteiger charge is -2.28. The topological polar surface area (TPSA) is 112 Å². The van der Waals surface area contributed by atoms with E-state index >= 15 is 0 Å². The van der Waals surface area contributed by atoms with E-state index in [1.165, 1.54) is 12.7 Å². The predicted molar refractivity (Wildman–Crippen MR) is 169 cm³/mol. The molecule has 0 saturated carbocycles. The molecule has 1 fully saturated rings. The summed E-state index contributed by atoms with van der Waals surface area (Å²) in [6.07, 6.45) is 7.15. The number of imidazole rings is 1. The van der Waals surface area contributed by atoms with E-state index in [2.05, 4.69) is 16.7 Å². The van der Waals surface area contributed by atoms with Gasteiger partial charge in [-0.3, -0.25) is 0 Å². The van der Waals surface area contributed by atoms with Crippen LogP contribution in [0.4, 0.5) is 0 Å². The van der Waals surface area contributed by atoms with Crippen molar-refractivity contribution in [3.63, 3.8) is 0 Å². The minimum absolute atomic E-state index is 0.168. The normalized spacial score (nSPS) is 17.9. The molecule has 0 N–H and O–H groups in total. The third-order valence-electron chi connectivity index (χ3n) is 8.70. The van der Waals surface area contributed by atoms with E-state index in [0.29, 0.717) is 33.9 Å². The Morgan fingerprint density at radius 3 is 2.80 bits per heavy atom. The molecule has 0 bridgehead atoms. The number of pyridine rings is 1. The van der Waals surface area contributed by atoms with Crippen LogP contribution in [0.15, 0.2) is 65.1 Å². The summed E-state index contributed by atoms with van der Waals surface area (Å²) in [6.45, 7) is 1.74. The van der Waals surface area contributed by atoms with Crippen molar-refractivity contribution in [2.45, 2.75) is 51.4 Å². The van der Waals surface area contributed by atoms with Gasteiger partial charge in [0.2, 0.25) is 5.88 Å². The van der Waals surface area contributed by atoms with Crippen molar-refractivity contribution in [2.75, 3.05) is 13.7 Å². The summed E-state index contributed by atoms with van der Waals surface area (Å²) in [5.41, 5.74) is 6.29. The van der Waals surface area contributed by atoms with E-state index in [1.807, 2.05) is 36.4 Å². The van der Waals surface area contributed by atoms with Crippen molar-refractivity contribution in [2.24, 2.45) is 5.92 Å². The Labute approximate surface area is 265 Å². The van der Waals surface area contributed by atoms with Crippen LogP contribution in [0.25, 0.3) is 27.6 Å². The van der Waals surface area contributed by atoms with Crippen molar-refractivity contribution in [3.05, 3.63) is 94.1 Å². The highest BCUT2D eigenvalue weighted by Gasteiger charge is 2.25. The van der Waals surface area contributed by atoms with Crippen LogP contribution in [0.2, 0.25) is 5.22 Å². The maximum atomic E-state index is 12.2. The number of halogens is 1. The number of esters is 1. The number of hydrogen-bond acceptors (Lipinski definition) is 8. The van der Waals surface area contributed by atoms with Crippen LogP contribution in [0, 0.1) is 17.2 Å². The average molecular weight is 623 g/mol. The van der Waals surface area contributed by atoms with Gasteiger partial charge in [-0.2, -0.15) is 5.26 Å². The van der Waals surface area contributed by atoms with Crippen LogP contribution in [0.1, 0.15) is 58.7 Å². The van der Waals surface area contributed by atoms with E-state index in [9.17, 15) is 10.1 Å². The number of aromatic nitrogens is 3. The van der Waals surface area contributed by atoms with Crippen molar-refractivity contribution >= 4 is 45.1 Å². The number of fused-ring (bicyclic) bond motifs is 2. The summed E-state index contributed by atoms with van der Waals surface area (Å²) >= 11 is 6.08. The smallest absolute Gasteiger partial charge is 0.337 e. The van der Waals surface area contributed by atoms with Gasteiger partial charge in [-0.25, -0.2) is 14.8 Å². The molecule has 0 amide bonds. The number of ether oxygens (including phenoxy) is 3. The standard InChI is InChI=1S/C35H31ClN4O5/c1-42-35(41)23-11-12-29-30(16-23)40(19-26-13-14-43-26)32(38-29)15-21-5-7-22(8-6-21)28-3-2-4-33(39-28)44-20-25-10-9-24(18-37)27-17-31(36)45-34(25)27/h2-4,7,9-12,16-17,21,26H,5-6,8,13-15,19-20H2,1H3/t21?,26-/m0/s1. The number of carbonyl (C=O) groups excluding carboxylic acids is 1. The Bertz CT molecular complexity index is 1980. The quantitative estimate of drug-likeness (QED) is 0.158. The van der Waals surface area contributed by atoms with Gasteiger partial charge in [0.25, 0.3) is 0 Å². The van der Waals surface area contributed by atoms with Crippen molar-refractivity contribution < 1.29 is 23.4 Å². The summed E-state index contributed by atoms with van der Waals surface area (Å²) in [7, 11) is 1.40. The molecule has 5 aromatic rings. The number of nitriles is 1. The molecule has 2 aromatic carbocycles. The Morgan fingerprint density at radius 1 is 1.16 bits per heavy atom. The van der Waals surface area contributed by atoms with Gasteiger partial charge in [-0.05, 0) is 79.1 Å². The first-order valence-electron chi connectivity index (χ1n) is 15.1. The molecule has 9 nitrogen and oxygen atoms in total. The lowest BCUT2D eigenvalue weighted by molar-refractivity contribution is -0.0590. The largest absolute Gasteiger partial charge is 0.473 e. The number of rotatable bonds is 9. The minimum Gasteiger partial charge on any atom is -0.473 e. The summed E-state index contributed by atoms with van der Waals surface area (Å²) in [5.74, 6) is 1.62. The van der Waals surface area contributed by atoms with Gasteiger partial charge >= 0.3 is 5.97 Å². The highest BCUT2D eigenvalue weighted by Crippen LogP contribution is 2.34. The van der Waals surface area contributed by atoms with Crippen LogP contribution in [-0.4, -0.2) is 40.3 Å². The average Bonchev–Trinajstić information content (AvgIpc) is 3.60. The summed E-state index contributed by atoms with van der Waals surface area (Å²) in [5, 5.41) is 10.3. The molecule has 1 saturated heterocycles. The first kappa shape index (κ1) is 29.1. The first-order chi connectivity index (χ1) is 22.0. The van der Waals surface area contributed by atoms with E-state index in [-0.39, 0.29) is 23.9 Å². The van der Waals surface area contributed by atoms with Gasteiger partial charge in [-0.1, -0.05) is 18.2 Å². The van der Waals surface area contributed by atoms with Gasteiger partial charge in [0.15, 0.2) is 5.22 Å². The number of furan rings is 1. The fourth-order valence-electron chi connectivity index (χ4n) is 6.16. The Kier molecular flexibility index (Phi) is 8.01. The minimum atomic E-state index is -0.354. The number of allylic oxidation sites excluding steroid dienone is 2. The molecular formula is C35H31ClN4O5. The summed E-state index contributed by atoms with van der Waals surface area (Å²) in [6, 6.07) is 18.7. The molecule has 1 aliphatic carbocycles. The zero-order chi connectivity index (χ0) is 30.9. The van der Waals surface area contributed by atoms with Gasteiger partial charge in [0, 0.05) is 36.1 Å². The second-order valence-electron chi connectivity index (χ2n) is 11.5. The number of benzene rings is 2. The third kappa shape index (κ3) is 5.91. The molecule has 4 heterocycles. The monoisotopic (exact) mass is 622 g/mol. The maximum Gasteiger partial charge on any atom is 0.337 e. The van der Waals surface area contributed by atoms with Crippen molar-refractivity contribution in [1.29, 1.82) is 5.26 Å². The molecule has 1 aliphatic heterocycles. The number of carbonyl (C=O) groups is 1. The van der Waals surface area contributed by atoms with Crippen LogP contribution in [0.3, 0.4) is 0 Å². The van der Waals surface area contributed by atoms with Gasteiger partial charge in [-0.15, -0.1) is 0 Å². The molecule has 0 spiro atoms.